The predicted octanol–water partition coefficient (Wildman–Crippen LogP) is 5.93. The van der Waals surface area contributed by atoms with Crippen LogP contribution in [0.3, 0.4) is 0 Å². The van der Waals surface area contributed by atoms with Crippen molar-refractivity contribution in [1.29, 1.82) is 0 Å². The molecule has 0 bridgehead atoms. The summed E-state index contributed by atoms with van der Waals surface area (Å²) in [6.45, 7) is 6.34. The van der Waals surface area contributed by atoms with Crippen LogP contribution in [0.2, 0.25) is 0 Å². The fourth-order valence-electron chi connectivity index (χ4n) is 4.68. The van der Waals surface area contributed by atoms with Gasteiger partial charge in [-0.2, -0.15) is 0 Å². The van der Waals surface area contributed by atoms with Crippen molar-refractivity contribution in [3.05, 3.63) is 47.8 Å². The number of carbonyl (C=O) groups excluding carboxylic acids is 2. The minimum atomic E-state index is -0.595. The van der Waals surface area contributed by atoms with Crippen molar-refractivity contribution in [1.82, 2.24) is 0 Å². The van der Waals surface area contributed by atoms with E-state index in [1.165, 1.54) is 26.4 Å². The fraction of sp³-hybridized carbons (Fsp3) is 0.500. The normalized spacial score (nSPS) is 14.5. The van der Waals surface area contributed by atoms with Crippen molar-refractivity contribution in [2.45, 2.75) is 57.9 Å². The lowest BCUT2D eigenvalue weighted by Gasteiger charge is -2.37. The van der Waals surface area contributed by atoms with Crippen LogP contribution in [0.5, 0.6) is 5.75 Å². The number of nitrogens with one attached hydrogen (secondary N) is 2. The van der Waals surface area contributed by atoms with Crippen molar-refractivity contribution in [2.24, 2.45) is 0 Å². The number of nitrogens with zero attached hydrogens (tertiary/aromatic N) is 1. The number of methoxy groups -OCH3 is 2. The van der Waals surface area contributed by atoms with Crippen LogP contribution in [0.15, 0.2) is 36.4 Å². The Morgan fingerprint density at radius 1 is 1.08 bits per heavy atom. The van der Waals surface area contributed by atoms with E-state index in [1.807, 2.05) is 25.1 Å². The molecule has 1 saturated heterocycles. The fourth-order valence-corrected chi connectivity index (χ4v) is 4.68. The molecule has 0 saturated carbocycles. The lowest BCUT2D eigenvalue weighted by atomic mass is 9.92. The van der Waals surface area contributed by atoms with Crippen LogP contribution in [-0.2, 0) is 14.3 Å². The number of amides is 2. The number of hydrogen-bond acceptors (Lipinski definition) is 6. The maximum absolute atomic E-state index is 14.5. The minimum absolute atomic E-state index is 0.0444. The van der Waals surface area contributed by atoms with Gasteiger partial charge < -0.3 is 29.7 Å². The molecule has 1 atom stereocenters. The van der Waals surface area contributed by atoms with Crippen LogP contribution in [0.25, 0.3) is 0 Å². The van der Waals surface area contributed by atoms with Crippen molar-refractivity contribution >= 4 is 29.1 Å². The lowest BCUT2D eigenvalue weighted by Crippen LogP contribution is -2.40. The summed E-state index contributed by atoms with van der Waals surface area (Å²) >= 11 is 0. The average molecular weight is 516 g/mol. The summed E-state index contributed by atoms with van der Waals surface area (Å²) < 4.78 is 30.0. The number of halogens is 1. The molecule has 2 aromatic carbocycles. The quantitative estimate of drug-likeness (QED) is 0.361. The molecule has 0 radical (unpaired) electrons. The molecule has 202 valence electrons. The van der Waals surface area contributed by atoms with Crippen molar-refractivity contribution in [3.63, 3.8) is 0 Å². The molecule has 1 fully saturated rings. The maximum atomic E-state index is 14.5. The van der Waals surface area contributed by atoms with E-state index in [1.54, 1.807) is 6.07 Å². The monoisotopic (exact) mass is 515 g/mol. The molecule has 2 amide bonds. The third-order valence-electron chi connectivity index (χ3n) is 6.70. The smallest absolute Gasteiger partial charge is 0.323 e. The molecule has 1 unspecified atom stereocenters. The van der Waals surface area contributed by atoms with Crippen LogP contribution < -0.4 is 20.3 Å². The Hall–Kier alpha value is -3.33. The SMILES string of the molecule is CCCN(c1ccc(C(CC)CC(=O)OC)cc1NC(=O)Nc1ccc(OC)cc1F)C1CCOCC1. The number of rotatable bonds is 11. The van der Waals surface area contributed by atoms with Crippen molar-refractivity contribution in [3.8, 4) is 5.75 Å². The number of urea groups is 1. The Kier molecular flexibility index (Phi) is 10.6. The predicted molar refractivity (Wildman–Crippen MR) is 143 cm³/mol. The largest absolute Gasteiger partial charge is 0.497 e. The topological polar surface area (TPSA) is 89.1 Å². The molecule has 3 rings (SSSR count). The Balaban J connectivity index is 1.94. The van der Waals surface area contributed by atoms with Crippen molar-refractivity contribution in [2.75, 3.05) is 49.5 Å². The minimum Gasteiger partial charge on any atom is -0.497 e. The molecule has 37 heavy (non-hydrogen) atoms. The van der Waals surface area contributed by atoms with Crippen LogP contribution in [0, 0.1) is 5.82 Å². The lowest BCUT2D eigenvalue weighted by molar-refractivity contribution is -0.141. The standard InChI is InChI=1S/C28H38FN3O5/c1-5-13-32(21-11-14-37-15-12-21)26-10-7-20(19(6-2)17-27(33)36-4)16-25(26)31-28(34)30-24-9-8-22(35-3)18-23(24)29/h7-10,16,18-19,21H,5-6,11-15,17H2,1-4H3,(H2,30,31,34). The summed E-state index contributed by atoms with van der Waals surface area (Å²) in [6, 6.07) is 9.90. The Labute approximate surface area is 218 Å². The van der Waals surface area contributed by atoms with Gasteiger partial charge in [-0.1, -0.05) is 19.9 Å². The van der Waals surface area contributed by atoms with Crippen LogP contribution in [0.1, 0.15) is 57.4 Å². The van der Waals surface area contributed by atoms with Gasteiger partial charge in [0, 0.05) is 31.9 Å². The van der Waals surface area contributed by atoms with Gasteiger partial charge in [-0.15, -0.1) is 0 Å². The first-order valence-electron chi connectivity index (χ1n) is 12.9. The van der Waals surface area contributed by atoms with E-state index < -0.39 is 11.8 Å². The highest BCUT2D eigenvalue weighted by atomic mass is 19.1. The van der Waals surface area contributed by atoms with Gasteiger partial charge in [-0.25, -0.2) is 9.18 Å². The highest BCUT2D eigenvalue weighted by Gasteiger charge is 2.25. The van der Waals surface area contributed by atoms with Gasteiger partial charge >= 0.3 is 12.0 Å². The van der Waals surface area contributed by atoms with E-state index >= 15 is 0 Å². The molecule has 8 nitrogen and oxygen atoms in total. The van der Waals surface area contributed by atoms with Gasteiger partial charge in [0.1, 0.15) is 11.6 Å². The third-order valence-corrected chi connectivity index (χ3v) is 6.70. The molecule has 1 aliphatic heterocycles. The number of esters is 1. The third kappa shape index (κ3) is 7.58. The molecular weight excluding hydrogens is 477 g/mol. The van der Waals surface area contributed by atoms with Gasteiger partial charge in [-0.05, 0) is 61.4 Å². The molecular formula is C28H38FN3O5. The van der Waals surface area contributed by atoms with Gasteiger partial charge in [0.2, 0.25) is 0 Å². The summed E-state index contributed by atoms with van der Waals surface area (Å²) in [6.07, 6.45) is 3.69. The number of anilines is 3. The molecule has 1 heterocycles. The zero-order chi connectivity index (χ0) is 26.8. The Bertz CT molecular complexity index is 1060. The van der Waals surface area contributed by atoms with Gasteiger partial charge in [0.15, 0.2) is 0 Å². The summed E-state index contributed by atoms with van der Waals surface area (Å²) in [5.41, 5.74) is 2.46. The first-order chi connectivity index (χ1) is 17.9. The second kappa shape index (κ2) is 13.8. The second-order valence-corrected chi connectivity index (χ2v) is 9.12. The Morgan fingerprint density at radius 2 is 1.81 bits per heavy atom. The highest BCUT2D eigenvalue weighted by molar-refractivity contribution is 6.02. The molecule has 0 aliphatic carbocycles. The van der Waals surface area contributed by atoms with Crippen LogP contribution in [-0.4, -0.2) is 52.0 Å². The summed E-state index contributed by atoms with van der Waals surface area (Å²) in [7, 11) is 2.83. The molecule has 2 N–H and O–H groups in total. The van der Waals surface area contributed by atoms with E-state index in [4.69, 9.17) is 14.2 Å². The molecule has 2 aromatic rings. The molecule has 0 spiro atoms. The Morgan fingerprint density at radius 3 is 2.43 bits per heavy atom. The zero-order valence-corrected chi connectivity index (χ0v) is 22.1. The summed E-state index contributed by atoms with van der Waals surface area (Å²) in [5, 5.41) is 5.54. The number of benzene rings is 2. The van der Waals surface area contributed by atoms with E-state index in [9.17, 15) is 14.0 Å². The van der Waals surface area contributed by atoms with Crippen LogP contribution in [0.4, 0.5) is 26.2 Å². The van der Waals surface area contributed by atoms with E-state index in [0.717, 1.165) is 43.5 Å². The average Bonchev–Trinajstić information content (AvgIpc) is 2.92. The maximum Gasteiger partial charge on any atom is 0.323 e. The van der Waals surface area contributed by atoms with E-state index in [0.29, 0.717) is 24.7 Å². The van der Waals surface area contributed by atoms with E-state index in [2.05, 4.69) is 22.5 Å². The van der Waals surface area contributed by atoms with Gasteiger partial charge in [0.05, 0.1) is 37.7 Å². The first-order valence-corrected chi connectivity index (χ1v) is 12.9. The van der Waals surface area contributed by atoms with Gasteiger partial charge in [0.25, 0.3) is 0 Å². The van der Waals surface area contributed by atoms with Crippen LogP contribution >= 0.6 is 0 Å². The first kappa shape index (κ1) is 28.2. The van der Waals surface area contributed by atoms with Crippen molar-refractivity contribution < 1.29 is 28.2 Å². The molecule has 9 heteroatoms. The number of hydrogen-bond donors (Lipinski definition) is 2. The number of carbonyl (C=O) groups is 2. The summed E-state index contributed by atoms with van der Waals surface area (Å²) in [5.74, 6) is -0.580. The zero-order valence-electron chi connectivity index (χ0n) is 22.1. The van der Waals surface area contributed by atoms with E-state index in [-0.39, 0.29) is 30.0 Å². The number of ether oxygens (including phenoxy) is 3. The molecule has 0 aromatic heterocycles. The summed E-state index contributed by atoms with van der Waals surface area (Å²) in [4.78, 5) is 27.4. The van der Waals surface area contributed by atoms with Gasteiger partial charge in [-0.3, -0.25) is 4.79 Å². The molecule has 1 aliphatic rings. The second-order valence-electron chi connectivity index (χ2n) is 9.12. The highest BCUT2D eigenvalue weighted by Crippen LogP contribution is 2.35.